The van der Waals surface area contributed by atoms with E-state index in [1.807, 2.05) is 0 Å². The molecule has 0 aromatic rings. The van der Waals surface area contributed by atoms with E-state index >= 15 is 0 Å². The molecule has 98 valence electrons. The third-order valence-corrected chi connectivity index (χ3v) is 3.58. The van der Waals surface area contributed by atoms with E-state index in [4.69, 9.17) is 0 Å². The predicted octanol–water partition coefficient (Wildman–Crippen LogP) is 6.34. The van der Waals surface area contributed by atoms with Gasteiger partial charge in [0, 0.05) is 0 Å². The van der Waals surface area contributed by atoms with E-state index in [0.717, 1.165) is 5.92 Å². The number of hydrogen-bond donors (Lipinski definition) is 0. The third kappa shape index (κ3) is 12.1. The Morgan fingerprint density at radius 3 is 1.56 bits per heavy atom. The summed E-state index contributed by atoms with van der Waals surface area (Å²) in [5.41, 5.74) is 0. The standard InChI is InChI=1S/C16H34/c1-4-6-7-8-9-10-11-12-13-15-16(3)14-5-2/h16H,4-15H2,1-3H3/t16-/m1/s1. The van der Waals surface area contributed by atoms with Crippen molar-refractivity contribution in [3.05, 3.63) is 0 Å². The molecule has 0 aliphatic carbocycles. The Kier molecular flexibility index (Phi) is 13.1. The van der Waals surface area contributed by atoms with Crippen LogP contribution >= 0.6 is 0 Å². The summed E-state index contributed by atoms with van der Waals surface area (Å²) in [4.78, 5) is 0. The van der Waals surface area contributed by atoms with E-state index in [9.17, 15) is 0 Å². The highest BCUT2D eigenvalue weighted by molar-refractivity contribution is 4.53. The SMILES string of the molecule is CCCCCCCCCCC[C@H](C)CCC. The second-order valence-corrected chi connectivity index (χ2v) is 5.51. The molecule has 0 aliphatic heterocycles. The molecule has 0 heteroatoms. The van der Waals surface area contributed by atoms with Crippen molar-refractivity contribution in [2.24, 2.45) is 5.92 Å². The highest BCUT2D eigenvalue weighted by atomic mass is 14.1. The van der Waals surface area contributed by atoms with Gasteiger partial charge in [0.2, 0.25) is 0 Å². The quantitative estimate of drug-likeness (QED) is 0.340. The van der Waals surface area contributed by atoms with Crippen molar-refractivity contribution in [2.75, 3.05) is 0 Å². The van der Waals surface area contributed by atoms with Crippen molar-refractivity contribution < 1.29 is 0 Å². The number of unbranched alkanes of at least 4 members (excludes halogenated alkanes) is 8. The molecule has 0 heterocycles. The van der Waals surface area contributed by atoms with Gasteiger partial charge < -0.3 is 0 Å². The molecule has 0 bridgehead atoms. The molecule has 0 N–H and O–H groups in total. The Bertz CT molecular complexity index is 117. The van der Waals surface area contributed by atoms with Gasteiger partial charge in [-0.2, -0.15) is 0 Å². The molecular formula is C16H34. The van der Waals surface area contributed by atoms with Gasteiger partial charge in [-0.25, -0.2) is 0 Å². The van der Waals surface area contributed by atoms with E-state index in [0.29, 0.717) is 0 Å². The minimum Gasteiger partial charge on any atom is -0.0654 e. The largest absolute Gasteiger partial charge is 0.0654 e. The van der Waals surface area contributed by atoms with E-state index in [2.05, 4.69) is 20.8 Å². The summed E-state index contributed by atoms with van der Waals surface area (Å²) in [7, 11) is 0. The summed E-state index contributed by atoms with van der Waals surface area (Å²) < 4.78 is 0. The van der Waals surface area contributed by atoms with Crippen LogP contribution < -0.4 is 0 Å². The van der Waals surface area contributed by atoms with Gasteiger partial charge in [-0.3, -0.25) is 0 Å². The first-order chi connectivity index (χ1) is 7.81. The molecule has 0 fully saturated rings. The fourth-order valence-corrected chi connectivity index (χ4v) is 2.44. The summed E-state index contributed by atoms with van der Waals surface area (Å²) in [5.74, 6) is 0.967. The summed E-state index contributed by atoms with van der Waals surface area (Å²) in [6, 6.07) is 0. The van der Waals surface area contributed by atoms with Crippen LogP contribution in [0.15, 0.2) is 0 Å². The molecular weight excluding hydrogens is 192 g/mol. The first-order valence-corrected chi connectivity index (χ1v) is 7.81. The van der Waals surface area contributed by atoms with Crippen molar-refractivity contribution in [2.45, 2.75) is 97.8 Å². The average molecular weight is 226 g/mol. The van der Waals surface area contributed by atoms with Crippen molar-refractivity contribution in [1.82, 2.24) is 0 Å². The first-order valence-electron chi connectivity index (χ1n) is 7.81. The van der Waals surface area contributed by atoms with E-state index in [1.54, 1.807) is 0 Å². The predicted molar refractivity (Wildman–Crippen MR) is 75.9 cm³/mol. The van der Waals surface area contributed by atoms with Crippen LogP contribution in [0.4, 0.5) is 0 Å². The molecule has 0 amide bonds. The van der Waals surface area contributed by atoms with Crippen LogP contribution in [-0.4, -0.2) is 0 Å². The molecule has 0 saturated carbocycles. The maximum Gasteiger partial charge on any atom is -0.0443 e. The zero-order valence-electron chi connectivity index (χ0n) is 12.1. The van der Waals surface area contributed by atoms with Crippen molar-refractivity contribution in [3.8, 4) is 0 Å². The topological polar surface area (TPSA) is 0 Å². The van der Waals surface area contributed by atoms with Gasteiger partial charge in [-0.1, -0.05) is 97.8 Å². The molecule has 0 spiro atoms. The summed E-state index contributed by atoms with van der Waals surface area (Å²) in [5, 5.41) is 0. The lowest BCUT2D eigenvalue weighted by molar-refractivity contribution is 0.450. The van der Waals surface area contributed by atoms with Crippen LogP contribution in [0, 0.1) is 5.92 Å². The maximum atomic E-state index is 2.41. The minimum atomic E-state index is 0.967. The summed E-state index contributed by atoms with van der Waals surface area (Å²) in [6.45, 7) is 7.00. The fraction of sp³-hybridized carbons (Fsp3) is 1.00. The van der Waals surface area contributed by atoms with Gasteiger partial charge >= 0.3 is 0 Å². The highest BCUT2D eigenvalue weighted by Gasteiger charge is 1.99. The van der Waals surface area contributed by atoms with Crippen LogP contribution in [0.25, 0.3) is 0 Å². The zero-order chi connectivity index (χ0) is 12.1. The van der Waals surface area contributed by atoms with Crippen LogP contribution in [0.3, 0.4) is 0 Å². The molecule has 0 radical (unpaired) electrons. The maximum absolute atomic E-state index is 2.41. The lowest BCUT2D eigenvalue weighted by atomic mass is 9.98. The molecule has 1 atom stereocenters. The van der Waals surface area contributed by atoms with Gasteiger partial charge in [-0.05, 0) is 5.92 Å². The number of hydrogen-bond acceptors (Lipinski definition) is 0. The molecule has 0 nitrogen and oxygen atoms in total. The minimum absolute atomic E-state index is 0.967. The fourth-order valence-electron chi connectivity index (χ4n) is 2.44. The molecule has 0 aromatic carbocycles. The first kappa shape index (κ1) is 16.0. The summed E-state index contributed by atoms with van der Waals surface area (Å²) >= 11 is 0. The van der Waals surface area contributed by atoms with Gasteiger partial charge in [0.25, 0.3) is 0 Å². The Morgan fingerprint density at radius 2 is 1.06 bits per heavy atom. The van der Waals surface area contributed by atoms with Crippen molar-refractivity contribution >= 4 is 0 Å². The molecule has 0 aliphatic rings. The van der Waals surface area contributed by atoms with Gasteiger partial charge in [0.05, 0.1) is 0 Å². The molecule has 0 aromatic heterocycles. The lowest BCUT2D eigenvalue weighted by Crippen LogP contribution is -1.93. The zero-order valence-corrected chi connectivity index (χ0v) is 12.1. The molecule has 0 saturated heterocycles. The Labute approximate surface area is 104 Å². The van der Waals surface area contributed by atoms with Crippen LogP contribution in [-0.2, 0) is 0 Å². The van der Waals surface area contributed by atoms with Gasteiger partial charge in [-0.15, -0.1) is 0 Å². The summed E-state index contributed by atoms with van der Waals surface area (Å²) in [6.07, 6.45) is 17.4. The lowest BCUT2D eigenvalue weighted by Gasteiger charge is -2.09. The van der Waals surface area contributed by atoms with Gasteiger partial charge in [0.15, 0.2) is 0 Å². The normalized spacial score (nSPS) is 12.9. The number of rotatable bonds is 12. The third-order valence-electron chi connectivity index (χ3n) is 3.58. The van der Waals surface area contributed by atoms with Crippen molar-refractivity contribution in [3.63, 3.8) is 0 Å². The van der Waals surface area contributed by atoms with Gasteiger partial charge in [0.1, 0.15) is 0 Å². The van der Waals surface area contributed by atoms with E-state index in [1.165, 1.54) is 77.0 Å². The van der Waals surface area contributed by atoms with E-state index < -0.39 is 0 Å². The van der Waals surface area contributed by atoms with Crippen LogP contribution in [0.2, 0.25) is 0 Å². The highest BCUT2D eigenvalue weighted by Crippen LogP contribution is 2.16. The second kappa shape index (κ2) is 13.1. The van der Waals surface area contributed by atoms with Crippen LogP contribution in [0.1, 0.15) is 97.8 Å². The average Bonchev–Trinajstić information content (AvgIpc) is 2.27. The smallest absolute Gasteiger partial charge is 0.0443 e. The Balaban J connectivity index is 2.98. The van der Waals surface area contributed by atoms with E-state index in [-0.39, 0.29) is 0 Å². The molecule has 0 unspecified atom stereocenters. The second-order valence-electron chi connectivity index (χ2n) is 5.51. The monoisotopic (exact) mass is 226 g/mol. The molecule has 0 rings (SSSR count). The van der Waals surface area contributed by atoms with Crippen molar-refractivity contribution in [1.29, 1.82) is 0 Å². The molecule has 16 heavy (non-hydrogen) atoms. The van der Waals surface area contributed by atoms with Crippen LogP contribution in [0.5, 0.6) is 0 Å². The Hall–Kier alpha value is 0. The Morgan fingerprint density at radius 1 is 0.562 bits per heavy atom.